The molecule has 0 aliphatic carbocycles. The second-order valence-electron chi connectivity index (χ2n) is 5.12. The second kappa shape index (κ2) is 9.13. The van der Waals surface area contributed by atoms with Crippen LogP contribution in [0.5, 0.6) is 0 Å². The Kier molecular flexibility index (Phi) is 7.46. The number of hydrogen-bond acceptors (Lipinski definition) is 4. The summed E-state index contributed by atoms with van der Waals surface area (Å²) in [4.78, 5) is 24.0. The van der Waals surface area contributed by atoms with Gasteiger partial charge in [0.15, 0.2) is 0 Å². The molecule has 5 nitrogen and oxygen atoms in total. The third kappa shape index (κ3) is 6.40. The van der Waals surface area contributed by atoms with Gasteiger partial charge < -0.3 is 14.4 Å². The van der Waals surface area contributed by atoms with Gasteiger partial charge in [-0.05, 0) is 6.92 Å². The summed E-state index contributed by atoms with van der Waals surface area (Å²) in [5.41, 5.74) is 1.18. The number of quaternary nitrogens is 1. The van der Waals surface area contributed by atoms with Crippen LogP contribution < -0.4 is 4.90 Å². The van der Waals surface area contributed by atoms with E-state index in [-0.39, 0.29) is 17.9 Å². The second-order valence-corrected chi connectivity index (χ2v) is 5.12. The molecule has 1 aromatic rings. The monoisotopic (exact) mass is 294 g/mol. The van der Waals surface area contributed by atoms with E-state index in [0.717, 1.165) is 11.4 Å². The van der Waals surface area contributed by atoms with E-state index in [1.165, 1.54) is 19.8 Å². The SMILES string of the molecule is COC(=O)CC[NH+](Cc1ccccc1)C[C@@H](C)C(=O)OC. The first kappa shape index (κ1) is 17.2. The van der Waals surface area contributed by atoms with Crippen LogP contribution in [0.2, 0.25) is 0 Å². The van der Waals surface area contributed by atoms with Gasteiger partial charge >= 0.3 is 11.9 Å². The lowest BCUT2D eigenvalue weighted by molar-refractivity contribution is -0.915. The first-order valence-electron chi connectivity index (χ1n) is 7.09. The van der Waals surface area contributed by atoms with E-state index in [9.17, 15) is 9.59 Å². The molecule has 21 heavy (non-hydrogen) atoms. The van der Waals surface area contributed by atoms with Crippen molar-refractivity contribution in [2.45, 2.75) is 19.9 Å². The van der Waals surface area contributed by atoms with Crippen molar-refractivity contribution in [3.63, 3.8) is 0 Å². The van der Waals surface area contributed by atoms with E-state index < -0.39 is 0 Å². The number of benzene rings is 1. The normalized spacial score (nSPS) is 13.3. The van der Waals surface area contributed by atoms with Crippen LogP contribution in [-0.2, 0) is 25.6 Å². The molecule has 0 fully saturated rings. The number of rotatable bonds is 8. The number of esters is 2. The molecule has 0 saturated heterocycles. The fourth-order valence-corrected chi connectivity index (χ4v) is 2.25. The van der Waals surface area contributed by atoms with Gasteiger partial charge in [0.05, 0.1) is 33.7 Å². The zero-order chi connectivity index (χ0) is 15.7. The van der Waals surface area contributed by atoms with Gasteiger partial charge in [0.1, 0.15) is 12.5 Å². The maximum atomic E-state index is 11.6. The summed E-state index contributed by atoms with van der Waals surface area (Å²) in [6.45, 7) is 3.86. The summed E-state index contributed by atoms with van der Waals surface area (Å²) in [5.74, 6) is -0.656. The van der Waals surface area contributed by atoms with Gasteiger partial charge in [-0.1, -0.05) is 30.3 Å². The summed E-state index contributed by atoms with van der Waals surface area (Å²) < 4.78 is 9.45. The third-order valence-electron chi connectivity index (χ3n) is 3.41. The predicted molar refractivity (Wildman–Crippen MR) is 78.7 cm³/mol. The fourth-order valence-electron chi connectivity index (χ4n) is 2.25. The van der Waals surface area contributed by atoms with Crippen molar-refractivity contribution in [3.8, 4) is 0 Å². The summed E-state index contributed by atoms with van der Waals surface area (Å²) in [6, 6.07) is 10.0. The van der Waals surface area contributed by atoms with Crippen LogP contribution in [0.3, 0.4) is 0 Å². The highest BCUT2D eigenvalue weighted by atomic mass is 16.5. The molecule has 0 radical (unpaired) electrons. The molecule has 1 unspecified atom stereocenters. The minimum Gasteiger partial charge on any atom is -0.469 e. The third-order valence-corrected chi connectivity index (χ3v) is 3.41. The first-order valence-corrected chi connectivity index (χ1v) is 7.09. The summed E-state index contributed by atoms with van der Waals surface area (Å²) in [5, 5.41) is 0. The zero-order valence-electron chi connectivity index (χ0n) is 12.9. The molecule has 0 amide bonds. The van der Waals surface area contributed by atoms with E-state index >= 15 is 0 Å². The van der Waals surface area contributed by atoms with Crippen molar-refractivity contribution in [1.29, 1.82) is 0 Å². The summed E-state index contributed by atoms with van der Waals surface area (Å²) in [7, 11) is 2.78. The molecule has 0 aliphatic heterocycles. The molecule has 1 N–H and O–H groups in total. The Morgan fingerprint density at radius 1 is 1.14 bits per heavy atom. The largest absolute Gasteiger partial charge is 0.469 e. The van der Waals surface area contributed by atoms with Crippen LogP contribution in [0.4, 0.5) is 0 Å². The first-order chi connectivity index (χ1) is 10.1. The van der Waals surface area contributed by atoms with Crippen molar-refractivity contribution in [2.75, 3.05) is 27.3 Å². The molecule has 1 rings (SSSR count). The van der Waals surface area contributed by atoms with Crippen LogP contribution in [0, 0.1) is 5.92 Å². The van der Waals surface area contributed by atoms with Crippen LogP contribution in [0.15, 0.2) is 30.3 Å². The maximum Gasteiger partial charge on any atom is 0.314 e. The Labute approximate surface area is 125 Å². The molecular formula is C16H24NO4+. The Bertz CT molecular complexity index is 447. The van der Waals surface area contributed by atoms with E-state index in [4.69, 9.17) is 4.74 Å². The molecule has 0 heterocycles. The van der Waals surface area contributed by atoms with Crippen LogP contribution in [-0.4, -0.2) is 39.2 Å². The van der Waals surface area contributed by atoms with Gasteiger partial charge in [-0.15, -0.1) is 0 Å². The van der Waals surface area contributed by atoms with E-state index in [1.54, 1.807) is 0 Å². The number of hydrogen-bond donors (Lipinski definition) is 1. The molecule has 2 atom stereocenters. The van der Waals surface area contributed by atoms with Gasteiger partial charge in [-0.3, -0.25) is 9.59 Å². The van der Waals surface area contributed by atoms with E-state index in [2.05, 4.69) is 4.74 Å². The van der Waals surface area contributed by atoms with Crippen molar-refractivity contribution < 1.29 is 24.0 Å². The molecule has 0 spiro atoms. The molecule has 5 heteroatoms. The van der Waals surface area contributed by atoms with E-state index in [0.29, 0.717) is 19.5 Å². The number of ether oxygens (including phenoxy) is 2. The lowest BCUT2D eigenvalue weighted by Gasteiger charge is -2.21. The van der Waals surface area contributed by atoms with Gasteiger partial charge in [0, 0.05) is 5.56 Å². The summed E-state index contributed by atoms with van der Waals surface area (Å²) in [6.07, 6.45) is 0.340. The molecule has 0 aromatic heterocycles. The lowest BCUT2D eigenvalue weighted by Crippen LogP contribution is -3.11. The average molecular weight is 294 g/mol. The summed E-state index contributed by atoms with van der Waals surface area (Å²) >= 11 is 0. The van der Waals surface area contributed by atoms with Crippen molar-refractivity contribution in [1.82, 2.24) is 0 Å². The highest BCUT2D eigenvalue weighted by Gasteiger charge is 2.21. The van der Waals surface area contributed by atoms with E-state index in [1.807, 2.05) is 37.3 Å². The predicted octanol–water partition coefficient (Wildman–Crippen LogP) is 0.444. The lowest BCUT2D eigenvalue weighted by atomic mass is 10.1. The Morgan fingerprint density at radius 3 is 2.38 bits per heavy atom. The highest BCUT2D eigenvalue weighted by Crippen LogP contribution is 1.98. The number of carbonyl (C=O) groups excluding carboxylic acids is 2. The maximum absolute atomic E-state index is 11.6. The molecule has 0 saturated carbocycles. The standard InChI is InChI=1S/C16H23NO4/c1-13(16(19)21-3)11-17(10-9-15(18)20-2)12-14-7-5-4-6-8-14/h4-8,13H,9-12H2,1-3H3/p+1/t13-/m1/s1. The topological polar surface area (TPSA) is 57.0 Å². The molecule has 0 aliphatic rings. The van der Waals surface area contributed by atoms with Crippen LogP contribution >= 0.6 is 0 Å². The van der Waals surface area contributed by atoms with Gasteiger partial charge in [0.2, 0.25) is 0 Å². The zero-order valence-corrected chi connectivity index (χ0v) is 12.9. The molecule has 116 valence electrons. The van der Waals surface area contributed by atoms with Crippen LogP contribution in [0.25, 0.3) is 0 Å². The molecular weight excluding hydrogens is 270 g/mol. The minimum atomic E-state index is -0.230. The number of nitrogens with one attached hydrogen (secondary N) is 1. The Balaban J connectivity index is 2.65. The van der Waals surface area contributed by atoms with Gasteiger partial charge in [0.25, 0.3) is 0 Å². The Morgan fingerprint density at radius 2 is 1.81 bits per heavy atom. The fraction of sp³-hybridized carbons (Fsp3) is 0.500. The number of carbonyl (C=O) groups is 2. The Hall–Kier alpha value is -1.88. The smallest absolute Gasteiger partial charge is 0.314 e. The number of methoxy groups -OCH3 is 2. The van der Waals surface area contributed by atoms with Crippen molar-refractivity contribution >= 4 is 11.9 Å². The molecule has 1 aromatic carbocycles. The van der Waals surface area contributed by atoms with Crippen molar-refractivity contribution in [3.05, 3.63) is 35.9 Å². The minimum absolute atomic E-state index is 0.202. The highest BCUT2D eigenvalue weighted by molar-refractivity contribution is 5.71. The quantitative estimate of drug-likeness (QED) is 0.707. The van der Waals surface area contributed by atoms with Crippen LogP contribution in [0.1, 0.15) is 18.9 Å². The van der Waals surface area contributed by atoms with Gasteiger partial charge in [-0.25, -0.2) is 0 Å². The molecule has 0 bridgehead atoms. The van der Waals surface area contributed by atoms with Crippen molar-refractivity contribution in [2.24, 2.45) is 5.92 Å². The average Bonchev–Trinajstić information content (AvgIpc) is 2.52. The van der Waals surface area contributed by atoms with Gasteiger partial charge in [-0.2, -0.15) is 0 Å².